The van der Waals surface area contributed by atoms with Crippen molar-refractivity contribution < 1.29 is 4.79 Å². The first-order valence-electron chi connectivity index (χ1n) is 5.29. The summed E-state index contributed by atoms with van der Waals surface area (Å²) in [5, 5.41) is 5.33. The van der Waals surface area contributed by atoms with E-state index in [1.807, 2.05) is 38.1 Å². The SMILES string of the molecule is CC(C)/C=C/NC(=O)NCc1ccccn1. The fraction of sp³-hybridized carbons (Fsp3) is 0.333. The molecule has 0 saturated heterocycles. The second kappa shape index (κ2) is 6.61. The van der Waals surface area contributed by atoms with E-state index in [0.717, 1.165) is 5.69 Å². The Labute approximate surface area is 95.8 Å². The fourth-order valence-corrected chi connectivity index (χ4v) is 1.04. The van der Waals surface area contributed by atoms with Crippen LogP contribution in [0.4, 0.5) is 4.79 Å². The summed E-state index contributed by atoms with van der Waals surface area (Å²) in [5.41, 5.74) is 0.838. The molecule has 1 aromatic heterocycles. The molecule has 0 aliphatic carbocycles. The van der Waals surface area contributed by atoms with Gasteiger partial charge in [0.25, 0.3) is 0 Å². The van der Waals surface area contributed by atoms with Crippen molar-refractivity contribution in [3.63, 3.8) is 0 Å². The zero-order valence-corrected chi connectivity index (χ0v) is 9.60. The van der Waals surface area contributed by atoms with Gasteiger partial charge >= 0.3 is 6.03 Å². The number of hydrogen-bond acceptors (Lipinski definition) is 2. The van der Waals surface area contributed by atoms with Gasteiger partial charge in [0, 0.05) is 12.4 Å². The molecule has 1 heterocycles. The van der Waals surface area contributed by atoms with E-state index in [1.165, 1.54) is 0 Å². The van der Waals surface area contributed by atoms with Crippen LogP contribution in [0.5, 0.6) is 0 Å². The minimum atomic E-state index is -0.220. The van der Waals surface area contributed by atoms with Crippen molar-refractivity contribution in [2.24, 2.45) is 5.92 Å². The van der Waals surface area contributed by atoms with Gasteiger partial charge in [-0.3, -0.25) is 4.98 Å². The smallest absolute Gasteiger partial charge is 0.319 e. The lowest BCUT2D eigenvalue weighted by Gasteiger charge is -2.03. The van der Waals surface area contributed by atoms with Gasteiger partial charge in [0.05, 0.1) is 12.2 Å². The number of rotatable bonds is 4. The monoisotopic (exact) mass is 219 g/mol. The van der Waals surface area contributed by atoms with E-state index in [2.05, 4.69) is 15.6 Å². The number of amides is 2. The van der Waals surface area contributed by atoms with Crippen LogP contribution in [0, 0.1) is 5.92 Å². The van der Waals surface area contributed by atoms with Gasteiger partial charge < -0.3 is 10.6 Å². The van der Waals surface area contributed by atoms with Gasteiger partial charge in [-0.05, 0) is 18.1 Å². The van der Waals surface area contributed by atoms with Crippen molar-refractivity contribution in [1.82, 2.24) is 15.6 Å². The molecular formula is C12H17N3O. The van der Waals surface area contributed by atoms with E-state index in [-0.39, 0.29) is 6.03 Å². The average Bonchev–Trinajstić information content (AvgIpc) is 2.27. The highest BCUT2D eigenvalue weighted by Crippen LogP contribution is 1.92. The summed E-state index contributed by atoms with van der Waals surface area (Å²) in [4.78, 5) is 15.4. The highest BCUT2D eigenvalue weighted by Gasteiger charge is 1.97. The summed E-state index contributed by atoms with van der Waals surface area (Å²) < 4.78 is 0. The van der Waals surface area contributed by atoms with Crippen molar-refractivity contribution in [3.05, 3.63) is 42.4 Å². The summed E-state index contributed by atoms with van der Waals surface area (Å²) in [6.07, 6.45) is 5.27. The first kappa shape index (κ1) is 12.2. The third-order valence-electron chi connectivity index (χ3n) is 1.85. The number of carbonyl (C=O) groups excluding carboxylic acids is 1. The van der Waals surface area contributed by atoms with E-state index in [0.29, 0.717) is 12.5 Å². The second-order valence-electron chi connectivity index (χ2n) is 3.75. The number of nitrogens with zero attached hydrogens (tertiary/aromatic N) is 1. The lowest BCUT2D eigenvalue weighted by atomic mass is 10.2. The lowest BCUT2D eigenvalue weighted by molar-refractivity contribution is 0.243. The molecule has 0 unspecified atom stereocenters. The molecule has 0 atom stereocenters. The van der Waals surface area contributed by atoms with Gasteiger partial charge in [-0.15, -0.1) is 0 Å². The number of urea groups is 1. The number of aromatic nitrogens is 1. The van der Waals surface area contributed by atoms with Crippen molar-refractivity contribution in [2.45, 2.75) is 20.4 Å². The molecule has 86 valence electrons. The van der Waals surface area contributed by atoms with Crippen LogP contribution in [-0.2, 0) is 6.54 Å². The molecule has 0 aliphatic rings. The lowest BCUT2D eigenvalue weighted by Crippen LogP contribution is -2.31. The number of pyridine rings is 1. The molecule has 0 spiro atoms. The van der Waals surface area contributed by atoms with Gasteiger partial charge in [-0.25, -0.2) is 4.79 Å². The molecule has 0 fully saturated rings. The van der Waals surface area contributed by atoms with Crippen LogP contribution in [0.25, 0.3) is 0 Å². The van der Waals surface area contributed by atoms with Crippen molar-refractivity contribution >= 4 is 6.03 Å². The van der Waals surface area contributed by atoms with Crippen molar-refractivity contribution in [1.29, 1.82) is 0 Å². The molecule has 0 aliphatic heterocycles. The average molecular weight is 219 g/mol. The standard InChI is InChI=1S/C12H17N3O/c1-10(2)6-8-14-12(16)15-9-11-5-3-4-7-13-11/h3-8,10H,9H2,1-2H3,(H2,14,15,16)/b8-6+. The number of nitrogens with one attached hydrogen (secondary N) is 2. The maximum atomic E-state index is 11.3. The summed E-state index contributed by atoms with van der Waals surface area (Å²) in [7, 11) is 0. The van der Waals surface area contributed by atoms with Crippen molar-refractivity contribution in [3.8, 4) is 0 Å². The molecule has 0 radical (unpaired) electrons. The van der Waals surface area contributed by atoms with Gasteiger partial charge in [0.2, 0.25) is 0 Å². The normalized spacial score (nSPS) is 10.7. The fourth-order valence-electron chi connectivity index (χ4n) is 1.04. The van der Waals surface area contributed by atoms with Gasteiger partial charge in [-0.1, -0.05) is 26.0 Å². The Hall–Kier alpha value is -1.84. The molecular weight excluding hydrogens is 202 g/mol. The Morgan fingerprint density at radius 3 is 2.94 bits per heavy atom. The summed E-state index contributed by atoms with van der Waals surface area (Å²) in [6.45, 7) is 4.52. The number of allylic oxidation sites excluding steroid dienone is 1. The Kier molecular flexibility index (Phi) is 5.05. The largest absolute Gasteiger partial charge is 0.332 e. The van der Waals surface area contributed by atoms with Crippen LogP contribution in [0.15, 0.2) is 36.7 Å². The highest BCUT2D eigenvalue weighted by atomic mass is 16.2. The van der Waals surface area contributed by atoms with Gasteiger partial charge in [-0.2, -0.15) is 0 Å². The highest BCUT2D eigenvalue weighted by molar-refractivity contribution is 5.74. The van der Waals surface area contributed by atoms with Gasteiger partial charge in [0.1, 0.15) is 0 Å². The molecule has 0 aromatic carbocycles. The molecule has 1 rings (SSSR count). The maximum Gasteiger partial charge on any atom is 0.319 e. The minimum Gasteiger partial charge on any atom is -0.332 e. The number of carbonyl (C=O) groups is 1. The Bertz CT molecular complexity index is 347. The quantitative estimate of drug-likeness (QED) is 0.814. The zero-order valence-electron chi connectivity index (χ0n) is 9.60. The third-order valence-corrected chi connectivity index (χ3v) is 1.85. The van der Waals surface area contributed by atoms with E-state index in [1.54, 1.807) is 12.4 Å². The van der Waals surface area contributed by atoms with Crippen LogP contribution in [-0.4, -0.2) is 11.0 Å². The molecule has 2 amide bonds. The van der Waals surface area contributed by atoms with Crippen LogP contribution in [0.3, 0.4) is 0 Å². The van der Waals surface area contributed by atoms with Crippen LogP contribution in [0.1, 0.15) is 19.5 Å². The Morgan fingerprint density at radius 1 is 1.50 bits per heavy atom. The molecule has 4 heteroatoms. The Balaban J connectivity index is 2.26. The zero-order chi connectivity index (χ0) is 11.8. The van der Waals surface area contributed by atoms with E-state index >= 15 is 0 Å². The molecule has 1 aromatic rings. The van der Waals surface area contributed by atoms with Crippen molar-refractivity contribution in [2.75, 3.05) is 0 Å². The van der Waals surface area contributed by atoms with Crippen LogP contribution < -0.4 is 10.6 Å². The maximum absolute atomic E-state index is 11.3. The Morgan fingerprint density at radius 2 is 2.31 bits per heavy atom. The van der Waals surface area contributed by atoms with Crippen LogP contribution >= 0.6 is 0 Å². The minimum absolute atomic E-state index is 0.220. The third kappa shape index (κ3) is 5.14. The second-order valence-corrected chi connectivity index (χ2v) is 3.75. The van der Waals surface area contributed by atoms with Crippen LogP contribution in [0.2, 0.25) is 0 Å². The predicted molar refractivity (Wildman–Crippen MR) is 63.6 cm³/mol. The molecule has 2 N–H and O–H groups in total. The summed E-state index contributed by atoms with van der Waals surface area (Å²) in [6, 6.07) is 5.38. The van der Waals surface area contributed by atoms with E-state index in [4.69, 9.17) is 0 Å². The predicted octanol–water partition coefficient (Wildman–Crippen LogP) is 2.05. The molecule has 0 bridgehead atoms. The summed E-state index contributed by atoms with van der Waals surface area (Å²) in [5.74, 6) is 0.427. The molecule has 4 nitrogen and oxygen atoms in total. The van der Waals surface area contributed by atoms with E-state index < -0.39 is 0 Å². The van der Waals surface area contributed by atoms with E-state index in [9.17, 15) is 4.79 Å². The first-order valence-corrected chi connectivity index (χ1v) is 5.29. The summed E-state index contributed by atoms with van der Waals surface area (Å²) >= 11 is 0. The topological polar surface area (TPSA) is 54.0 Å². The van der Waals surface area contributed by atoms with Gasteiger partial charge in [0.15, 0.2) is 0 Å². The number of hydrogen-bond donors (Lipinski definition) is 2. The molecule has 0 saturated carbocycles. The first-order chi connectivity index (χ1) is 7.68. The molecule has 16 heavy (non-hydrogen) atoms.